The molecule has 18 heavy (non-hydrogen) atoms. The van der Waals surface area contributed by atoms with Crippen LogP contribution in [0.5, 0.6) is 0 Å². The number of hydrogen-bond donors (Lipinski definition) is 1. The first-order valence-corrected chi connectivity index (χ1v) is 5.70. The molecule has 0 spiro atoms. The Morgan fingerprint density at radius 2 is 2.33 bits per heavy atom. The first kappa shape index (κ1) is 12.2. The third-order valence-electron chi connectivity index (χ3n) is 2.93. The summed E-state index contributed by atoms with van der Waals surface area (Å²) in [5.41, 5.74) is 0.306. The van der Waals surface area contributed by atoms with Gasteiger partial charge in [-0.15, -0.1) is 0 Å². The lowest BCUT2D eigenvalue weighted by atomic mass is 10.1. The van der Waals surface area contributed by atoms with E-state index >= 15 is 0 Å². The highest BCUT2D eigenvalue weighted by Crippen LogP contribution is 2.24. The van der Waals surface area contributed by atoms with Gasteiger partial charge in [-0.1, -0.05) is 0 Å². The molecule has 1 aromatic rings. The Morgan fingerprint density at radius 3 is 2.94 bits per heavy atom. The summed E-state index contributed by atoms with van der Waals surface area (Å²) in [4.78, 5) is 23.9. The Balaban J connectivity index is 2.74. The molecule has 0 aromatic carbocycles. The SMILES string of the molecule is CCOC(=O)c1c(C)c(C#N)c(=O)n2c1NCC2. The summed E-state index contributed by atoms with van der Waals surface area (Å²) in [6, 6.07) is 1.86. The highest BCUT2D eigenvalue weighted by molar-refractivity contribution is 5.97. The molecule has 0 fully saturated rings. The Hall–Kier alpha value is -2.29. The lowest BCUT2D eigenvalue weighted by Crippen LogP contribution is -2.25. The van der Waals surface area contributed by atoms with E-state index in [4.69, 9.17) is 10.00 Å². The van der Waals surface area contributed by atoms with Gasteiger partial charge in [-0.3, -0.25) is 9.36 Å². The average Bonchev–Trinajstić information content (AvgIpc) is 2.79. The molecular formula is C12H13N3O3. The van der Waals surface area contributed by atoms with E-state index in [0.717, 1.165) is 0 Å². The normalized spacial score (nSPS) is 12.5. The second kappa shape index (κ2) is 4.53. The third-order valence-corrected chi connectivity index (χ3v) is 2.93. The van der Waals surface area contributed by atoms with Gasteiger partial charge in [0.2, 0.25) is 0 Å². The minimum absolute atomic E-state index is 0.00510. The van der Waals surface area contributed by atoms with Crippen LogP contribution >= 0.6 is 0 Å². The first-order valence-electron chi connectivity index (χ1n) is 5.70. The van der Waals surface area contributed by atoms with Crippen LogP contribution in [0.15, 0.2) is 4.79 Å². The number of rotatable bonds is 2. The molecule has 94 valence electrons. The first-order chi connectivity index (χ1) is 8.61. The van der Waals surface area contributed by atoms with Crippen LogP contribution in [0, 0.1) is 18.3 Å². The van der Waals surface area contributed by atoms with Gasteiger partial charge in [0, 0.05) is 13.1 Å². The topological polar surface area (TPSA) is 84.1 Å². The van der Waals surface area contributed by atoms with E-state index in [1.54, 1.807) is 13.8 Å². The molecule has 1 aromatic heterocycles. The van der Waals surface area contributed by atoms with Gasteiger partial charge >= 0.3 is 5.97 Å². The molecule has 0 bridgehead atoms. The van der Waals surface area contributed by atoms with Gasteiger partial charge in [0.1, 0.15) is 23.0 Å². The third kappa shape index (κ3) is 1.64. The number of nitrogens with one attached hydrogen (secondary N) is 1. The molecule has 1 aliphatic heterocycles. The Bertz CT molecular complexity index is 607. The maximum absolute atomic E-state index is 12.0. The number of pyridine rings is 1. The number of anilines is 1. The average molecular weight is 247 g/mol. The van der Waals surface area contributed by atoms with Crippen molar-refractivity contribution in [2.24, 2.45) is 0 Å². The summed E-state index contributed by atoms with van der Waals surface area (Å²) >= 11 is 0. The monoisotopic (exact) mass is 247 g/mol. The number of nitrogens with zero attached hydrogens (tertiary/aromatic N) is 2. The standard InChI is InChI=1S/C12H13N3O3/c1-3-18-12(17)9-7(2)8(6-13)11(16)15-5-4-14-10(9)15/h14H,3-5H2,1-2H3. The zero-order valence-corrected chi connectivity index (χ0v) is 10.2. The molecular weight excluding hydrogens is 234 g/mol. The summed E-state index contributed by atoms with van der Waals surface area (Å²) in [6.45, 7) is 4.57. The van der Waals surface area contributed by atoms with Crippen molar-refractivity contribution < 1.29 is 9.53 Å². The van der Waals surface area contributed by atoms with E-state index in [2.05, 4.69) is 5.32 Å². The molecule has 6 heteroatoms. The Labute approximate surface area is 104 Å². The molecule has 0 aliphatic carbocycles. The van der Waals surface area contributed by atoms with E-state index in [9.17, 15) is 9.59 Å². The van der Waals surface area contributed by atoms with E-state index in [1.807, 2.05) is 6.07 Å². The summed E-state index contributed by atoms with van der Waals surface area (Å²) < 4.78 is 6.38. The van der Waals surface area contributed by atoms with Crippen molar-refractivity contribution in [3.8, 4) is 6.07 Å². The fourth-order valence-corrected chi connectivity index (χ4v) is 2.10. The molecule has 0 saturated heterocycles. The van der Waals surface area contributed by atoms with Crippen LogP contribution in [-0.2, 0) is 11.3 Å². The Kier molecular flexibility index (Phi) is 3.06. The van der Waals surface area contributed by atoms with Gasteiger partial charge < -0.3 is 10.1 Å². The number of fused-ring (bicyclic) bond motifs is 1. The second-order valence-electron chi connectivity index (χ2n) is 3.94. The van der Waals surface area contributed by atoms with Gasteiger partial charge in [-0.25, -0.2) is 4.79 Å². The van der Waals surface area contributed by atoms with E-state index < -0.39 is 5.97 Å². The van der Waals surface area contributed by atoms with Crippen LogP contribution in [0.2, 0.25) is 0 Å². The van der Waals surface area contributed by atoms with Crippen molar-refractivity contribution in [2.75, 3.05) is 18.5 Å². The number of carbonyl (C=O) groups is 1. The molecule has 1 aliphatic rings. The number of hydrogen-bond acceptors (Lipinski definition) is 5. The van der Waals surface area contributed by atoms with Crippen LogP contribution in [-0.4, -0.2) is 23.7 Å². The minimum Gasteiger partial charge on any atom is -0.462 e. The second-order valence-corrected chi connectivity index (χ2v) is 3.94. The smallest absolute Gasteiger partial charge is 0.342 e. The zero-order valence-electron chi connectivity index (χ0n) is 10.2. The van der Waals surface area contributed by atoms with Crippen LogP contribution in [0.3, 0.4) is 0 Å². The van der Waals surface area contributed by atoms with Gasteiger partial charge in [0.25, 0.3) is 5.56 Å². The van der Waals surface area contributed by atoms with Gasteiger partial charge in [0.15, 0.2) is 0 Å². The Morgan fingerprint density at radius 1 is 1.61 bits per heavy atom. The lowest BCUT2D eigenvalue weighted by Gasteiger charge is -2.12. The molecule has 0 amide bonds. The maximum Gasteiger partial charge on any atom is 0.342 e. The number of carbonyl (C=O) groups excluding carboxylic acids is 1. The predicted molar refractivity (Wildman–Crippen MR) is 64.6 cm³/mol. The number of aromatic nitrogens is 1. The molecule has 6 nitrogen and oxygen atoms in total. The summed E-state index contributed by atoms with van der Waals surface area (Å²) in [6.07, 6.45) is 0. The van der Waals surface area contributed by atoms with Crippen molar-refractivity contribution >= 4 is 11.8 Å². The van der Waals surface area contributed by atoms with Crippen molar-refractivity contribution in [1.82, 2.24) is 4.57 Å². The lowest BCUT2D eigenvalue weighted by molar-refractivity contribution is 0.0526. The summed E-state index contributed by atoms with van der Waals surface area (Å²) in [7, 11) is 0. The van der Waals surface area contributed by atoms with Crippen molar-refractivity contribution in [1.29, 1.82) is 5.26 Å². The molecule has 1 N–H and O–H groups in total. The van der Waals surface area contributed by atoms with Crippen molar-refractivity contribution in [3.63, 3.8) is 0 Å². The molecule has 0 radical (unpaired) electrons. The van der Waals surface area contributed by atoms with Crippen LogP contribution in [0.1, 0.15) is 28.4 Å². The minimum atomic E-state index is -0.510. The summed E-state index contributed by atoms with van der Waals surface area (Å²) in [5.74, 6) is -0.0559. The highest BCUT2D eigenvalue weighted by atomic mass is 16.5. The van der Waals surface area contributed by atoms with E-state index in [1.165, 1.54) is 4.57 Å². The zero-order chi connectivity index (χ0) is 13.3. The van der Waals surface area contributed by atoms with E-state index in [0.29, 0.717) is 24.5 Å². The highest BCUT2D eigenvalue weighted by Gasteiger charge is 2.27. The predicted octanol–water partition coefficient (Wildman–Crippen LogP) is 0.631. The molecule has 0 unspecified atom stereocenters. The largest absolute Gasteiger partial charge is 0.462 e. The maximum atomic E-state index is 12.0. The number of nitriles is 1. The van der Waals surface area contributed by atoms with Crippen LogP contribution in [0.25, 0.3) is 0 Å². The van der Waals surface area contributed by atoms with E-state index in [-0.39, 0.29) is 23.3 Å². The number of esters is 1. The molecule has 2 heterocycles. The van der Waals surface area contributed by atoms with Crippen molar-refractivity contribution in [2.45, 2.75) is 20.4 Å². The van der Waals surface area contributed by atoms with Crippen molar-refractivity contribution in [3.05, 3.63) is 27.0 Å². The summed E-state index contributed by atoms with van der Waals surface area (Å²) in [5, 5.41) is 12.0. The van der Waals surface area contributed by atoms with Crippen LogP contribution < -0.4 is 10.9 Å². The van der Waals surface area contributed by atoms with Gasteiger partial charge in [0.05, 0.1) is 6.61 Å². The fourth-order valence-electron chi connectivity index (χ4n) is 2.10. The quantitative estimate of drug-likeness (QED) is 0.775. The fraction of sp³-hybridized carbons (Fsp3) is 0.417. The number of ether oxygens (including phenoxy) is 1. The van der Waals surface area contributed by atoms with Crippen LogP contribution in [0.4, 0.5) is 5.82 Å². The molecule has 0 saturated carbocycles. The van der Waals surface area contributed by atoms with Gasteiger partial charge in [-0.2, -0.15) is 5.26 Å². The molecule has 0 atom stereocenters. The van der Waals surface area contributed by atoms with Gasteiger partial charge in [-0.05, 0) is 19.4 Å². The molecule has 2 rings (SSSR count).